The summed E-state index contributed by atoms with van der Waals surface area (Å²) in [4.78, 5) is 0. The molecule has 0 aliphatic carbocycles. The fourth-order valence-corrected chi connectivity index (χ4v) is 5.80. The second-order valence-electron chi connectivity index (χ2n) is 14.6. The standard InChI is InChI=1S/C46H90O7/c1-7-13-19-21-31-41-51-45(35-25-23-33-43(47-37-27-15-9-3)48-38-28-16-10-4)53-46(52-42-32-22-20-14-8-2)36-26-24-34-44(49-39-29-17-11-5)50-40-30-18-12-6/h25-26,35-36,43-46H,7-24,27-34,37-42H2,1-6H3. The van der Waals surface area contributed by atoms with Crippen molar-refractivity contribution in [3.63, 3.8) is 0 Å². The van der Waals surface area contributed by atoms with Crippen LogP contribution in [0.5, 0.6) is 0 Å². The zero-order valence-corrected chi connectivity index (χ0v) is 36.1. The molecule has 0 bridgehead atoms. The third-order valence-corrected chi connectivity index (χ3v) is 9.26. The first-order valence-corrected chi connectivity index (χ1v) is 22.8. The molecule has 0 heterocycles. The fraction of sp³-hybridized carbons (Fsp3) is 0.913. The molecule has 0 saturated carbocycles. The van der Waals surface area contributed by atoms with Crippen LogP contribution in [0, 0.1) is 0 Å². The van der Waals surface area contributed by atoms with E-state index in [0.29, 0.717) is 13.2 Å². The van der Waals surface area contributed by atoms with Gasteiger partial charge >= 0.3 is 0 Å². The zero-order chi connectivity index (χ0) is 38.7. The third kappa shape index (κ3) is 37.9. The minimum atomic E-state index is -0.484. The average molecular weight is 755 g/mol. The second-order valence-corrected chi connectivity index (χ2v) is 14.6. The van der Waals surface area contributed by atoms with Crippen molar-refractivity contribution in [2.24, 2.45) is 0 Å². The molecule has 0 aromatic rings. The van der Waals surface area contributed by atoms with Gasteiger partial charge in [-0.2, -0.15) is 0 Å². The summed E-state index contributed by atoms with van der Waals surface area (Å²) in [6, 6.07) is 0. The van der Waals surface area contributed by atoms with Crippen molar-refractivity contribution in [1.82, 2.24) is 0 Å². The van der Waals surface area contributed by atoms with Crippen LogP contribution in [-0.2, 0) is 33.2 Å². The Morgan fingerprint density at radius 3 is 0.906 bits per heavy atom. The van der Waals surface area contributed by atoms with Gasteiger partial charge in [0.15, 0.2) is 25.2 Å². The van der Waals surface area contributed by atoms with E-state index >= 15 is 0 Å². The van der Waals surface area contributed by atoms with E-state index in [0.717, 1.165) is 90.6 Å². The summed E-state index contributed by atoms with van der Waals surface area (Å²) < 4.78 is 43.9. The molecule has 0 radical (unpaired) electrons. The molecule has 0 aliphatic heterocycles. The lowest BCUT2D eigenvalue weighted by atomic mass is 10.2. The summed E-state index contributed by atoms with van der Waals surface area (Å²) in [6.45, 7) is 17.7. The number of allylic oxidation sites excluding steroid dienone is 2. The number of hydrogen-bond acceptors (Lipinski definition) is 7. The number of unbranched alkanes of at least 4 members (excludes halogenated alkanes) is 16. The number of ether oxygens (including phenoxy) is 7. The van der Waals surface area contributed by atoms with E-state index in [1.165, 1.54) is 103 Å². The molecule has 7 nitrogen and oxygen atoms in total. The third-order valence-electron chi connectivity index (χ3n) is 9.26. The van der Waals surface area contributed by atoms with Crippen LogP contribution in [0.25, 0.3) is 0 Å². The van der Waals surface area contributed by atoms with Crippen LogP contribution >= 0.6 is 0 Å². The maximum Gasteiger partial charge on any atom is 0.180 e. The molecule has 0 aliphatic rings. The first kappa shape index (κ1) is 52.2. The molecule has 0 rings (SSSR count). The predicted molar refractivity (Wildman–Crippen MR) is 224 cm³/mol. The SMILES string of the molecule is CCCCCCCOC(C=CCCC(OCCCCC)OCCCCC)OC(C=CCCC(OCCCCC)OCCCCC)OCCCCCCC. The van der Waals surface area contributed by atoms with Gasteiger partial charge in [-0.25, -0.2) is 0 Å². The minimum Gasteiger partial charge on any atom is -0.353 e. The van der Waals surface area contributed by atoms with Gasteiger partial charge in [-0.15, -0.1) is 0 Å². The highest BCUT2D eigenvalue weighted by Crippen LogP contribution is 2.15. The van der Waals surface area contributed by atoms with E-state index in [4.69, 9.17) is 33.2 Å². The lowest BCUT2D eigenvalue weighted by Gasteiger charge is -2.22. The number of hydrogen-bond donors (Lipinski definition) is 0. The Bertz CT molecular complexity index is 661. The Balaban J connectivity index is 5.55. The van der Waals surface area contributed by atoms with Gasteiger partial charge in [-0.05, 0) is 63.5 Å². The summed E-state index contributed by atoms with van der Waals surface area (Å²) in [7, 11) is 0. The molecule has 0 spiro atoms. The summed E-state index contributed by atoms with van der Waals surface area (Å²) in [6.07, 6.45) is 36.2. The maximum absolute atomic E-state index is 6.54. The van der Waals surface area contributed by atoms with E-state index in [-0.39, 0.29) is 12.6 Å². The molecule has 53 heavy (non-hydrogen) atoms. The van der Waals surface area contributed by atoms with Gasteiger partial charge in [0.2, 0.25) is 0 Å². The molecule has 0 N–H and O–H groups in total. The van der Waals surface area contributed by atoms with Crippen molar-refractivity contribution in [1.29, 1.82) is 0 Å². The smallest absolute Gasteiger partial charge is 0.180 e. The Kier molecular flexibility index (Phi) is 43.3. The fourth-order valence-electron chi connectivity index (χ4n) is 5.80. The van der Waals surface area contributed by atoms with Gasteiger partial charge in [0.05, 0.1) is 13.2 Å². The van der Waals surface area contributed by atoms with Crippen LogP contribution in [0.15, 0.2) is 24.3 Å². The first-order chi connectivity index (χ1) is 26.1. The molecular formula is C46H90O7. The Morgan fingerprint density at radius 2 is 0.585 bits per heavy atom. The largest absolute Gasteiger partial charge is 0.353 e. The highest BCUT2D eigenvalue weighted by molar-refractivity contribution is 4.90. The summed E-state index contributed by atoms with van der Waals surface area (Å²) in [5.74, 6) is 0. The summed E-state index contributed by atoms with van der Waals surface area (Å²) in [5.41, 5.74) is 0. The van der Waals surface area contributed by atoms with Crippen molar-refractivity contribution >= 4 is 0 Å². The molecule has 0 amide bonds. The molecule has 2 atom stereocenters. The normalized spacial score (nSPS) is 13.4. The highest BCUT2D eigenvalue weighted by atomic mass is 16.8. The zero-order valence-electron chi connectivity index (χ0n) is 36.1. The quantitative estimate of drug-likeness (QED) is 0.0349. The number of rotatable bonds is 44. The van der Waals surface area contributed by atoms with Crippen LogP contribution < -0.4 is 0 Å². The van der Waals surface area contributed by atoms with Gasteiger partial charge in [-0.1, -0.05) is 156 Å². The predicted octanol–water partition coefficient (Wildman–Crippen LogP) is 13.8. The van der Waals surface area contributed by atoms with Crippen LogP contribution in [0.4, 0.5) is 0 Å². The van der Waals surface area contributed by atoms with Gasteiger partial charge in [0, 0.05) is 39.3 Å². The molecule has 316 valence electrons. The Morgan fingerprint density at radius 1 is 0.321 bits per heavy atom. The van der Waals surface area contributed by atoms with Crippen LogP contribution in [0.2, 0.25) is 0 Å². The lowest BCUT2D eigenvalue weighted by Crippen LogP contribution is -2.25. The van der Waals surface area contributed by atoms with Gasteiger partial charge < -0.3 is 33.2 Å². The van der Waals surface area contributed by atoms with Crippen molar-refractivity contribution in [2.45, 2.75) is 234 Å². The first-order valence-electron chi connectivity index (χ1n) is 22.8. The average Bonchev–Trinajstić information content (AvgIpc) is 3.17. The van der Waals surface area contributed by atoms with Crippen molar-refractivity contribution in [3.8, 4) is 0 Å². The molecule has 0 saturated heterocycles. The molecule has 0 aromatic heterocycles. The highest BCUT2D eigenvalue weighted by Gasteiger charge is 2.15. The van der Waals surface area contributed by atoms with Crippen LogP contribution in [-0.4, -0.2) is 64.8 Å². The Labute approximate surface area is 330 Å². The van der Waals surface area contributed by atoms with Crippen LogP contribution in [0.1, 0.15) is 208 Å². The molecule has 7 heteroatoms. The van der Waals surface area contributed by atoms with Crippen molar-refractivity contribution in [2.75, 3.05) is 39.6 Å². The van der Waals surface area contributed by atoms with E-state index in [2.05, 4.69) is 65.8 Å². The maximum atomic E-state index is 6.54. The van der Waals surface area contributed by atoms with Gasteiger partial charge in [0.1, 0.15) is 0 Å². The lowest BCUT2D eigenvalue weighted by molar-refractivity contribution is -0.208. The van der Waals surface area contributed by atoms with Crippen molar-refractivity contribution in [3.05, 3.63) is 24.3 Å². The summed E-state index contributed by atoms with van der Waals surface area (Å²) >= 11 is 0. The molecular weight excluding hydrogens is 664 g/mol. The van der Waals surface area contributed by atoms with E-state index in [1.54, 1.807) is 0 Å². The molecule has 2 unspecified atom stereocenters. The minimum absolute atomic E-state index is 0.172. The Hall–Kier alpha value is -0.800. The molecule has 0 aromatic carbocycles. The topological polar surface area (TPSA) is 64.6 Å². The van der Waals surface area contributed by atoms with E-state index in [9.17, 15) is 0 Å². The monoisotopic (exact) mass is 755 g/mol. The molecule has 0 fully saturated rings. The van der Waals surface area contributed by atoms with E-state index in [1.807, 2.05) is 0 Å². The van der Waals surface area contributed by atoms with Gasteiger partial charge in [-0.3, -0.25) is 0 Å². The van der Waals surface area contributed by atoms with Crippen LogP contribution in [0.3, 0.4) is 0 Å². The van der Waals surface area contributed by atoms with Crippen molar-refractivity contribution < 1.29 is 33.2 Å². The second kappa shape index (κ2) is 43.9. The summed E-state index contributed by atoms with van der Waals surface area (Å²) in [5, 5.41) is 0. The van der Waals surface area contributed by atoms with Gasteiger partial charge in [0.25, 0.3) is 0 Å². The van der Waals surface area contributed by atoms with E-state index < -0.39 is 12.6 Å².